The van der Waals surface area contributed by atoms with Crippen molar-refractivity contribution in [2.24, 2.45) is 0 Å². The highest BCUT2D eigenvalue weighted by atomic mass is 32.1. The van der Waals surface area contributed by atoms with E-state index in [1.807, 2.05) is 6.92 Å². The first-order chi connectivity index (χ1) is 14.1. The molecule has 1 unspecified atom stereocenters. The first kappa shape index (κ1) is 20.0. The fraction of sp³-hybridized carbons (Fsp3) is 0.429. The van der Waals surface area contributed by atoms with E-state index in [9.17, 15) is 14.3 Å². The number of benzene rings is 1. The third-order valence-corrected chi connectivity index (χ3v) is 6.44. The monoisotopic (exact) mass is 417 g/mol. The summed E-state index contributed by atoms with van der Waals surface area (Å²) in [7, 11) is 0. The molecular weight excluding hydrogens is 393 g/mol. The molecule has 1 atom stereocenters. The van der Waals surface area contributed by atoms with Crippen LogP contribution in [0.5, 0.6) is 5.75 Å². The molecule has 1 aliphatic rings. The van der Waals surface area contributed by atoms with Gasteiger partial charge in [0.2, 0.25) is 0 Å². The maximum atomic E-state index is 14.5. The number of nitrogens with zero attached hydrogens (tertiary/aromatic N) is 3. The Bertz CT molecular complexity index is 1060. The third-order valence-electron chi connectivity index (χ3n) is 5.23. The maximum Gasteiger partial charge on any atom is 0.275 e. The number of hydrogen-bond donors (Lipinski definition) is 1. The molecule has 2 aromatic heterocycles. The van der Waals surface area contributed by atoms with Crippen LogP contribution in [0.3, 0.4) is 0 Å². The van der Waals surface area contributed by atoms with Crippen molar-refractivity contribution in [2.45, 2.75) is 32.3 Å². The highest BCUT2D eigenvalue weighted by Crippen LogP contribution is 2.28. The molecule has 3 aromatic rings. The summed E-state index contributed by atoms with van der Waals surface area (Å²) in [5.41, 5.74) is 0.650. The fourth-order valence-electron chi connectivity index (χ4n) is 3.53. The number of aromatic nitrogens is 2. The first-order valence-corrected chi connectivity index (χ1v) is 10.7. The minimum Gasteiger partial charge on any atom is -0.489 e. The van der Waals surface area contributed by atoms with Crippen molar-refractivity contribution in [1.29, 1.82) is 0 Å². The molecule has 1 aliphatic heterocycles. The fourth-order valence-corrected chi connectivity index (χ4v) is 4.64. The molecule has 4 rings (SSSR count). The van der Waals surface area contributed by atoms with E-state index in [4.69, 9.17) is 4.74 Å². The lowest BCUT2D eigenvalue weighted by Gasteiger charge is -2.15. The van der Waals surface area contributed by atoms with Gasteiger partial charge in [0.15, 0.2) is 11.6 Å². The molecule has 8 heteroatoms. The quantitative estimate of drug-likeness (QED) is 0.637. The predicted octanol–water partition coefficient (Wildman–Crippen LogP) is 3.50. The molecule has 154 valence electrons. The van der Waals surface area contributed by atoms with Crippen LogP contribution in [0.4, 0.5) is 4.39 Å². The summed E-state index contributed by atoms with van der Waals surface area (Å²) in [6.07, 6.45) is 3.75. The molecule has 3 heterocycles. The molecule has 0 radical (unpaired) electrons. The van der Waals surface area contributed by atoms with Gasteiger partial charge < -0.3 is 9.84 Å². The summed E-state index contributed by atoms with van der Waals surface area (Å²) in [6.45, 7) is 5.23. The summed E-state index contributed by atoms with van der Waals surface area (Å²) in [5.74, 6) is -0.330. The number of aliphatic hydroxyl groups excluding tert-OH is 1. The number of likely N-dealkylation sites (tertiary alicyclic amines) is 1. The number of rotatable bonds is 7. The van der Waals surface area contributed by atoms with Crippen LogP contribution in [0, 0.1) is 5.82 Å². The lowest BCUT2D eigenvalue weighted by molar-refractivity contribution is 0.177. The van der Waals surface area contributed by atoms with Crippen molar-refractivity contribution in [3.63, 3.8) is 0 Å². The number of ether oxygens (including phenoxy) is 1. The van der Waals surface area contributed by atoms with E-state index in [1.165, 1.54) is 41.1 Å². The summed E-state index contributed by atoms with van der Waals surface area (Å²) in [5, 5.41) is 10.0. The topological polar surface area (TPSA) is 67.6 Å². The normalized spacial score (nSPS) is 15.8. The van der Waals surface area contributed by atoms with Crippen molar-refractivity contribution in [3.05, 3.63) is 51.6 Å². The van der Waals surface area contributed by atoms with E-state index in [-0.39, 0.29) is 11.3 Å². The summed E-state index contributed by atoms with van der Waals surface area (Å²) in [6, 6.07) is 6.22. The van der Waals surface area contributed by atoms with E-state index < -0.39 is 11.9 Å². The van der Waals surface area contributed by atoms with Crippen molar-refractivity contribution < 1.29 is 14.2 Å². The van der Waals surface area contributed by atoms with E-state index in [0.717, 1.165) is 19.6 Å². The zero-order chi connectivity index (χ0) is 20.4. The summed E-state index contributed by atoms with van der Waals surface area (Å²) >= 11 is 1.23. The Morgan fingerprint density at radius 3 is 2.83 bits per heavy atom. The molecule has 6 nitrogen and oxygen atoms in total. The maximum absolute atomic E-state index is 14.5. The van der Waals surface area contributed by atoms with Gasteiger partial charge in [-0.2, -0.15) is 0 Å². The molecule has 1 fully saturated rings. The predicted molar refractivity (Wildman–Crippen MR) is 112 cm³/mol. The molecule has 1 N–H and O–H groups in total. The van der Waals surface area contributed by atoms with Crippen molar-refractivity contribution in [1.82, 2.24) is 14.5 Å². The van der Waals surface area contributed by atoms with Gasteiger partial charge in [0, 0.05) is 17.5 Å². The van der Waals surface area contributed by atoms with Crippen LogP contribution in [0.15, 0.2) is 35.4 Å². The van der Waals surface area contributed by atoms with Crippen LogP contribution in [-0.2, 0) is 0 Å². The number of thiophene rings is 1. The summed E-state index contributed by atoms with van der Waals surface area (Å²) in [4.78, 5) is 20.2. The average molecular weight is 418 g/mol. The van der Waals surface area contributed by atoms with Gasteiger partial charge in [-0.05, 0) is 50.6 Å². The van der Waals surface area contributed by atoms with E-state index in [1.54, 1.807) is 18.2 Å². The van der Waals surface area contributed by atoms with Gasteiger partial charge in [0.05, 0.1) is 17.3 Å². The molecule has 1 aromatic carbocycles. The van der Waals surface area contributed by atoms with Crippen LogP contribution in [0.2, 0.25) is 0 Å². The smallest absolute Gasteiger partial charge is 0.275 e. The van der Waals surface area contributed by atoms with Crippen molar-refractivity contribution in [3.8, 4) is 11.4 Å². The van der Waals surface area contributed by atoms with Crippen LogP contribution in [-0.4, -0.2) is 45.8 Å². The van der Waals surface area contributed by atoms with Crippen LogP contribution in [0.1, 0.15) is 37.2 Å². The van der Waals surface area contributed by atoms with Crippen LogP contribution < -0.4 is 10.3 Å². The second-order valence-corrected chi connectivity index (χ2v) is 8.30. The number of fused-ring (bicyclic) bond motifs is 1. The first-order valence-electron chi connectivity index (χ1n) is 9.91. The molecule has 0 spiro atoms. The molecule has 0 aliphatic carbocycles. The third kappa shape index (κ3) is 4.19. The average Bonchev–Trinajstić information content (AvgIpc) is 3.39. The van der Waals surface area contributed by atoms with Gasteiger partial charge in [0.1, 0.15) is 17.6 Å². The lowest BCUT2D eigenvalue weighted by atomic mass is 10.2. The van der Waals surface area contributed by atoms with E-state index >= 15 is 0 Å². The van der Waals surface area contributed by atoms with Gasteiger partial charge in [-0.25, -0.2) is 9.37 Å². The van der Waals surface area contributed by atoms with Gasteiger partial charge in [0.25, 0.3) is 5.56 Å². The summed E-state index contributed by atoms with van der Waals surface area (Å²) < 4.78 is 21.9. The Balaban J connectivity index is 1.54. The Hall–Kier alpha value is -2.29. The number of aliphatic hydroxyl groups is 1. The van der Waals surface area contributed by atoms with Crippen LogP contribution >= 0.6 is 11.3 Å². The standard InChI is InChI=1S/C21H24FN3O3S/c1-2-17(26)19-12-16-20(29-19)21(27)25(13-23-16)14-5-6-18(15(22)11-14)28-10-9-24-7-3-4-8-24/h5-6,11-13,17,26H,2-4,7-10H2,1H3. The van der Waals surface area contributed by atoms with Gasteiger partial charge in [-0.1, -0.05) is 6.92 Å². The van der Waals surface area contributed by atoms with Gasteiger partial charge in [-0.3, -0.25) is 14.3 Å². The second-order valence-electron chi connectivity index (χ2n) is 7.22. The Kier molecular flexibility index (Phi) is 5.94. The Morgan fingerprint density at radius 2 is 2.10 bits per heavy atom. The molecule has 0 saturated carbocycles. The lowest BCUT2D eigenvalue weighted by Crippen LogP contribution is -2.25. The molecule has 1 saturated heterocycles. The van der Waals surface area contributed by atoms with E-state index in [0.29, 0.717) is 33.8 Å². The highest BCUT2D eigenvalue weighted by molar-refractivity contribution is 7.19. The minimum absolute atomic E-state index is 0.180. The zero-order valence-corrected chi connectivity index (χ0v) is 17.1. The largest absolute Gasteiger partial charge is 0.489 e. The van der Waals surface area contributed by atoms with E-state index in [2.05, 4.69) is 9.88 Å². The van der Waals surface area contributed by atoms with Gasteiger partial charge in [-0.15, -0.1) is 11.3 Å². The van der Waals surface area contributed by atoms with Gasteiger partial charge >= 0.3 is 0 Å². The molecular formula is C21H24FN3O3S. The van der Waals surface area contributed by atoms with Crippen molar-refractivity contribution in [2.75, 3.05) is 26.2 Å². The number of hydrogen-bond acceptors (Lipinski definition) is 6. The molecule has 0 amide bonds. The second kappa shape index (κ2) is 8.61. The van der Waals surface area contributed by atoms with Crippen LogP contribution in [0.25, 0.3) is 15.9 Å². The zero-order valence-electron chi connectivity index (χ0n) is 16.3. The minimum atomic E-state index is -0.614. The Labute approximate surface area is 172 Å². The SMILES string of the molecule is CCC(O)c1cc2ncn(-c3ccc(OCCN4CCCC4)c(F)c3)c(=O)c2s1. The van der Waals surface area contributed by atoms with Crippen molar-refractivity contribution >= 4 is 21.6 Å². The molecule has 29 heavy (non-hydrogen) atoms. The molecule has 0 bridgehead atoms. The Morgan fingerprint density at radius 1 is 1.31 bits per heavy atom. The highest BCUT2D eigenvalue weighted by Gasteiger charge is 2.16. The number of halogens is 1.